The average Bonchev–Trinajstić information content (AvgIpc) is 2.81. The average molecular weight is 313 g/mol. The van der Waals surface area contributed by atoms with Crippen molar-refractivity contribution in [1.82, 2.24) is 5.32 Å². The summed E-state index contributed by atoms with van der Waals surface area (Å²) in [5.74, 6) is -3.99. The highest BCUT2D eigenvalue weighted by atomic mass is 16.4. The van der Waals surface area contributed by atoms with Crippen LogP contribution in [0.2, 0.25) is 0 Å². The minimum Gasteiger partial charge on any atom is -0.481 e. The molecule has 4 N–H and O–H groups in total. The first-order valence-corrected chi connectivity index (χ1v) is 7.31. The number of nitrogens with one attached hydrogen (secondary N) is 1. The standard InChI is InChI=1S/C15H23NO6/c1-8(4-3-5-9(2)14(19)20)11-7-16-13(15(21)22)10(11)6-12(17)18/h4,9-11,13,16H,3,5-7H2,1-2H3,(H,17,18)(H,19,20)(H,21,22)/b8-4-/t9-,10+,11-,13+/m1/s1. The van der Waals surface area contributed by atoms with Crippen molar-refractivity contribution in [2.75, 3.05) is 6.54 Å². The first-order chi connectivity index (χ1) is 10.2. The Labute approximate surface area is 129 Å². The van der Waals surface area contributed by atoms with Gasteiger partial charge < -0.3 is 20.6 Å². The first-order valence-electron chi connectivity index (χ1n) is 7.31. The highest BCUT2D eigenvalue weighted by Crippen LogP contribution is 2.32. The summed E-state index contributed by atoms with van der Waals surface area (Å²) in [5, 5.41) is 29.8. The van der Waals surface area contributed by atoms with Gasteiger partial charge in [-0.25, -0.2) is 0 Å². The number of aliphatic carboxylic acids is 3. The van der Waals surface area contributed by atoms with E-state index in [2.05, 4.69) is 5.32 Å². The molecular weight excluding hydrogens is 290 g/mol. The zero-order valence-corrected chi connectivity index (χ0v) is 12.8. The maximum Gasteiger partial charge on any atom is 0.321 e. The number of carboxylic acids is 3. The van der Waals surface area contributed by atoms with Gasteiger partial charge in [0.2, 0.25) is 0 Å². The molecule has 0 unspecified atom stereocenters. The molecule has 1 heterocycles. The molecule has 0 aromatic rings. The molecule has 1 aliphatic rings. The van der Waals surface area contributed by atoms with Crippen LogP contribution in [0.5, 0.6) is 0 Å². The normalized spacial score (nSPS) is 26.6. The van der Waals surface area contributed by atoms with Gasteiger partial charge in [0.05, 0.1) is 12.3 Å². The fourth-order valence-electron chi connectivity index (χ4n) is 2.86. The lowest BCUT2D eigenvalue weighted by atomic mass is 9.82. The molecule has 1 rings (SSSR count). The molecular formula is C15H23NO6. The van der Waals surface area contributed by atoms with Crippen molar-refractivity contribution in [3.63, 3.8) is 0 Å². The summed E-state index contributed by atoms with van der Waals surface area (Å²) in [6.45, 7) is 3.90. The third kappa shape index (κ3) is 4.84. The minimum absolute atomic E-state index is 0.155. The zero-order valence-electron chi connectivity index (χ0n) is 12.8. The summed E-state index contributed by atoms with van der Waals surface area (Å²) in [7, 11) is 0. The molecule has 0 aliphatic carbocycles. The van der Waals surface area contributed by atoms with Crippen LogP contribution in [-0.2, 0) is 14.4 Å². The van der Waals surface area contributed by atoms with Crippen LogP contribution in [-0.4, -0.2) is 45.8 Å². The highest BCUT2D eigenvalue weighted by molar-refractivity contribution is 5.76. The van der Waals surface area contributed by atoms with Gasteiger partial charge in [0.25, 0.3) is 0 Å². The Morgan fingerprint density at radius 1 is 1.27 bits per heavy atom. The second-order valence-electron chi connectivity index (χ2n) is 5.86. The van der Waals surface area contributed by atoms with Crippen LogP contribution in [0.15, 0.2) is 11.6 Å². The summed E-state index contributed by atoms with van der Waals surface area (Å²) in [6, 6.07) is -0.859. The quantitative estimate of drug-likeness (QED) is 0.496. The monoisotopic (exact) mass is 313 g/mol. The Kier molecular flexibility index (Phi) is 6.55. The van der Waals surface area contributed by atoms with Gasteiger partial charge in [-0.1, -0.05) is 18.6 Å². The van der Waals surface area contributed by atoms with Gasteiger partial charge in [-0.3, -0.25) is 14.4 Å². The first kappa shape index (κ1) is 18.2. The van der Waals surface area contributed by atoms with Crippen LogP contribution < -0.4 is 5.32 Å². The summed E-state index contributed by atoms with van der Waals surface area (Å²) in [6.07, 6.45) is 2.77. The SMILES string of the molecule is C/C(=C/CC[C@@H](C)C(=O)O)[C@H]1CN[C@H](C(=O)O)[C@H]1CC(=O)O. The van der Waals surface area contributed by atoms with Crippen molar-refractivity contribution >= 4 is 17.9 Å². The van der Waals surface area contributed by atoms with E-state index in [9.17, 15) is 14.4 Å². The number of hydrogen-bond donors (Lipinski definition) is 4. The maximum absolute atomic E-state index is 11.2. The molecule has 7 heteroatoms. The predicted octanol–water partition coefficient (Wildman–Crippen LogP) is 1.20. The maximum atomic E-state index is 11.2. The molecule has 22 heavy (non-hydrogen) atoms. The van der Waals surface area contributed by atoms with Crippen molar-refractivity contribution in [1.29, 1.82) is 0 Å². The predicted molar refractivity (Wildman–Crippen MR) is 78.5 cm³/mol. The molecule has 0 amide bonds. The third-order valence-electron chi connectivity index (χ3n) is 4.25. The molecule has 7 nitrogen and oxygen atoms in total. The summed E-state index contributed by atoms with van der Waals surface area (Å²) in [5.41, 5.74) is 0.917. The van der Waals surface area contributed by atoms with E-state index in [0.717, 1.165) is 5.57 Å². The largest absolute Gasteiger partial charge is 0.481 e. The van der Waals surface area contributed by atoms with Crippen molar-refractivity contribution < 1.29 is 29.7 Å². The van der Waals surface area contributed by atoms with Crippen molar-refractivity contribution in [3.8, 4) is 0 Å². The summed E-state index contributed by atoms with van der Waals surface area (Å²) < 4.78 is 0. The number of hydrogen-bond acceptors (Lipinski definition) is 4. The van der Waals surface area contributed by atoms with Crippen LogP contribution in [0, 0.1) is 17.8 Å². The molecule has 0 bridgehead atoms. The van der Waals surface area contributed by atoms with Crippen LogP contribution >= 0.6 is 0 Å². The smallest absolute Gasteiger partial charge is 0.321 e. The van der Waals surface area contributed by atoms with E-state index in [1.807, 2.05) is 13.0 Å². The van der Waals surface area contributed by atoms with E-state index < -0.39 is 35.8 Å². The van der Waals surface area contributed by atoms with Gasteiger partial charge in [-0.15, -0.1) is 0 Å². The molecule has 0 radical (unpaired) electrons. The Bertz CT molecular complexity index is 473. The van der Waals surface area contributed by atoms with Gasteiger partial charge in [0.15, 0.2) is 0 Å². The van der Waals surface area contributed by atoms with E-state index in [0.29, 0.717) is 19.4 Å². The highest BCUT2D eigenvalue weighted by Gasteiger charge is 2.41. The number of allylic oxidation sites excluding steroid dienone is 1. The van der Waals surface area contributed by atoms with E-state index in [1.54, 1.807) is 6.92 Å². The molecule has 1 saturated heterocycles. The number of carboxylic acid groups (broad SMARTS) is 3. The minimum atomic E-state index is -1.04. The van der Waals surface area contributed by atoms with E-state index in [4.69, 9.17) is 15.3 Å². The second kappa shape index (κ2) is 7.93. The lowest BCUT2D eigenvalue weighted by Crippen LogP contribution is -2.36. The Morgan fingerprint density at radius 2 is 1.91 bits per heavy atom. The van der Waals surface area contributed by atoms with Gasteiger partial charge in [-0.2, -0.15) is 0 Å². The zero-order chi connectivity index (χ0) is 16.9. The Hall–Kier alpha value is -1.89. The Balaban J connectivity index is 2.73. The molecule has 1 fully saturated rings. The van der Waals surface area contributed by atoms with Crippen LogP contribution in [0.3, 0.4) is 0 Å². The van der Waals surface area contributed by atoms with Gasteiger partial charge in [-0.05, 0) is 25.7 Å². The third-order valence-corrected chi connectivity index (χ3v) is 4.25. The van der Waals surface area contributed by atoms with E-state index in [-0.39, 0.29) is 12.3 Å². The van der Waals surface area contributed by atoms with Crippen molar-refractivity contribution in [3.05, 3.63) is 11.6 Å². The summed E-state index contributed by atoms with van der Waals surface area (Å²) >= 11 is 0. The topological polar surface area (TPSA) is 124 Å². The fourth-order valence-corrected chi connectivity index (χ4v) is 2.86. The number of rotatable bonds is 8. The van der Waals surface area contributed by atoms with Crippen LogP contribution in [0.4, 0.5) is 0 Å². The molecule has 124 valence electrons. The Morgan fingerprint density at radius 3 is 2.41 bits per heavy atom. The van der Waals surface area contributed by atoms with Crippen molar-refractivity contribution in [2.45, 2.75) is 39.2 Å². The van der Waals surface area contributed by atoms with E-state index >= 15 is 0 Å². The summed E-state index contributed by atoms with van der Waals surface area (Å²) in [4.78, 5) is 32.9. The molecule has 0 aromatic heterocycles. The lowest BCUT2D eigenvalue weighted by molar-refractivity contribution is -0.143. The fraction of sp³-hybridized carbons (Fsp3) is 0.667. The lowest BCUT2D eigenvalue weighted by Gasteiger charge is -2.21. The molecule has 1 aliphatic heterocycles. The van der Waals surface area contributed by atoms with Crippen LogP contribution in [0.1, 0.15) is 33.1 Å². The van der Waals surface area contributed by atoms with Gasteiger partial charge in [0.1, 0.15) is 6.04 Å². The second-order valence-corrected chi connectivity index (χ2v) is 5.86. The van der Waals surface area contributed by atoms with Gasteiger partial charge >= 0.3 is 17.9 Å². The number of carbonyl (C=O) groups is 3. The van der Waals surface area contributed by atoms with Gasteiger partial charge in [0, 0.05) is 12.5 Å². The molecule has 0 spiro atoms. The van der Waals surface area contributed by atoms with Crippen LogP contribution in [0.25, 0.3) is 0 Å². The molecule has 0 saturated carbocycles. The molecule has 4 atom stereocenters. The van der Waals surface area contributed by atoms with E-state index in [1.165, 1.54) is 0 Å². The van der Waals surface area contributed by atoms with Crippen molar-refractivity contribution in [2.24, 2.45) is 17.8 Å². The molecule has 0 aromatic carbocycles.